The van der Waals surface area contributed by atoms with Crippen molar-refractivity contribution in [2.75, 3.05) is 0 Å². The number of aryl methyl sites for hydroxylation is 3. The van der Waals surface area contributed by atoms with Gasteiger partial charge in [-0.1, -0.05) is 29.8 Å². The normalized spacial score (nSPS) is 12.2. The summed E-state index contributed by atoms with van der Waals surface area (Å²) in [4.78, 5) is 12.1. The van der Waals surface area contributed by atoms with Crippen LogP contribution in [-0.2, 0) is 11.3 Å². The third-order valence-electron chi connectivity index (χ3n) is 3.52. The molecule has 4 heteroatoms. The topological polar surface area (TPSA) is 46.9 Å². The lowest BCUT2D eigenvalue weighted by molar-refractivity contribution is -0.122. The van der Waals surface area contributed by atoms with Crippen LogP contribution in [0.2, 0.25) is 0 Å². The van der Waals surface area contributed by atoms with Crippen molar-refractivity contribution < 1.29 is 4.79 Å². The second-order valence-corrected chi connectivity index (χ2v) is 5.69. The van der Waals surface area contributed by atoms with Crippen molar-refractivity contribution in [1.82, 2.24) is 15.1 Å². The average molecular weight is 285 g/mol. The van der Waals surface area contributed by atoms with E-state index in [2.05, 4.69) is 29.5 Å². The van der Waals surface area contributed by atoms with E-state index >= 15 is 0 Å². The summed E-state index contributed by atoms with van der Waals surface area (Å²) >= 11 is 0. The van der Waals surface area contributed by atoms with E-state index in [0.29, 0.717) is 13.0 Å². The molecule has 0 saturated heterocycles. The minimum atomic E-state index is 0.0524. The van der Waals surface area contributed by atoms with E-state index in [0.717, 1.165) is 17.0 Å². The number of nitrogens with one attached hydrogen (secondary N) is 1. The quantitative estimate of drug-likeness (QED) is 0.917. The molecule has 21 heavy (non-hydrogen) atoms. The molecule has 2 rings (SSSR count). The Morgan fingerprint density at radius 2 is 2.05 bits per heavy atom. The van der Waals surface area contributed by atoms with Crippen LogP contribution in [0.1, 0.15) is 41.9 Å². The molecule has 0 bridgehead atoms. The molecule has 1 amide bonds. The van der Waals surface area contributed by atoms with Crippen LogP contribution in [0.25, 0.3) is 0 Å². The molecule has 1 N–H and O–H groups in total. The largest absolute Gasteiger partial charge is 0.352 e. The van der Waals surface area contributed by atoms with Gasteiger partial charge in [-0.15, -0.1) is 0 Å². The molecule has 1 aromatic carbocycles. The molecule has 112 valence electrons. The predicted molar refractivity (Wildman–Crippen MR) is 84.1 cm³/mol. The van der Waals surface area contributed by atoms with Gasteiger partial charge in [0.1, 0.15) is 0 Å². The SMILES string of the molecule is Cc1cccc(CNC(=O)CC(C)n2nc(C)cc2C)c1. The molecular formula is C17H23N3O. The van der Waals surface area contributed by atoms with Gasteiger partial charge in [0.25, 0.3) is 0 Å². The summed E-state index contributed by atoms with van der Waals surface area (Å²) in [6, 6.07) is 10.3. The van der Waals surface area contributed by atoms with Crippen molar-refractivity contribution in [2.45, 2.75) is 46.7 Å². The number of hydrogen-bond acceptors (Lipinski definition) is 2. The summed E-state index contributed by atoms with van der Waals surface area (Å²) in [7, 11) is 0. The molecule has 0 aliphatic heterocycles. The number of amides is 1. The van der Waals surface area contributed by atoms with E-state index in [-0.39, 0.29) is 11.9 Å². The molecule has 0 fully saturated rings. The van der Waals surface area contributed by atoms with Gasteiger partial charge in [-0.2, -0.15) is 5.10 Å². The van der Waals surface area contributed by atoms with Gasteiger partial charge in [-0.25, -0.2) is 0 Å². The van der Waals surface area contributed by atoms with Crippen molar-refractivity contribution in [3.63, 3.8) is 0 Å². The Morgan fingerprint density at radius 1 is 1.29 bits per heavy atom. The Morgan fingerprint density at radius 3 is 2.67 bits per heavy atom. The zero-order chi connectivity index (χ0) is 15.4. The summed E-state index contributed by atoms with van der Waals surface area (Å²) in [5.41, 5.74) is 4.41. The molecule has 0 radical (unpaired) electrons. The Bertz CT molecular complexity index is 631. The third kappa shape index (κ3) is 4.18. The second kappa shape index (κ2) is 6.57. The summed E-state index contributed by atoms with van der Waals surface area (Å²) in [6.07, 6.45) is 0.438. The van der Waals surface area contributed by atoms with Crippen LogP contribution >= 0.6 is 0 Å². The second-order valence-electron chi connectivity index (χ2n) is 5.69. The fourth-order valence-corrected chi connectivity index (χ4v) is 2.54. The molecule has 0 aliphatic rings. The summed E-state index contributed by atoms with van der Waals surface area (Å²) in [6.45, 7) is 8.63. The van der Waals surface area contributed by atoms with Crippen molar-refractivity contribution in [1.29, 1.82) is 0 Å². The lowest BCUT2D eigenvalue weighted by atomic mass is 10.1. The third-order valence-corrected chi connectivity index (χ3v) is 3.52. The van der Waals surface area contributed by atoms with E-state index in [9.17, 15) is 4.79 Å². The van der Waals surface area contributed by atoms with Crippen molar-refractivity contribution in [3.05, 3.63) is 52.8 Å². The van der Waals surface area contributed by atoms with Crippen molar-refractivity contribution in [2.24, 2.45) is 0 Å². The Kier molecular flexibility index (Phi) is 4.78. The monoisotopic (exact) mass is 285 g/mol. The van der Waals surface area contributed by atoms with Crippen LogP contribution in [0, 0.1) is 20.8 Å². The smallest absolute Gasteiger partial charge is 0.222 e. The molecule has 2 aromatic rings. The molecule has 1 unspecified atom stereocenters. The maximum Gasteiger partial charge on any atom is 0.222 e. The lowest BCUT2D eigenvalue weighted by Gasteiger charge is -2.14. The highest BCUT2D eigenvalue weighted by Crippen LogP contribution is 2.14. The molecule has 0 spiro atoms. The van der Waals surface area contributed by atoms with Gasteiger partial charge < -0.3 is 5.32 Å². The zero-order valence-corrected chi connectivity index (χ0v) is 13.2. The Hall–Kier alpha value is -2.10. The maximum atomic E-state index is 12.1. The number of hydrogen-bond donors (Lipinski definition) is 1. The lowest BCUT2D eigenvalue weighted by Crippen LogP contribution is -2.26. The number of carbonyl (C=O) groups is 1. The van der Waals surface area contributed by atoms with Crippen LogP contribution in [0.5, 0.6) is 0 Å². The summed E-state index contributed by atoms with van der Waals surface area (Å²) in [5.74, 6) is 0.0524. The van der Waals surface area contributed by atoms with E-state index in [1.807, 2.05) is 43.7 Å². The number of nitrogens with zero attached hydrogens (tertiary/aromatic N) is 2. The van der Waals surface area contributed by atoms with Crippen molar-refractivity contribution >= 4 is 5.91 Å². The van der Waals surface area contributed by atoms with Gasteiger partial charge in [-0.3, -0.25) is 9.48 Å². The highest BCUT2D eigenvalue weighted by Gasteiger charge is 2.13. The minimum absolute atomic E-state index is 0.0524. The fraction of sp³-hybridized carbons (Fsp3) is 0.412. The van der Waals surface area contributed by atoms with Crippen LogP contribution < -0.4 is 5.32 Å². The van der Waals surface area contributed by atoms with E-state index in [1.54, 1.807) is 0 Å². The first-order valence-corrected chi connectivity index (χ1v) is 7.30. The Labute approximate surface area is 126 Å². The number of benzene rings is 1. The van der Waals surface area contributed by atoms with Gasteiger partial charge in [-0.05, 0) is 39.3 Å². The maximum absolute atomic E-state index is 12.1. The number of carbonyl (C=O) groups excluding carboxylic acids is 1. The highest BCUT2D eigenvalue weighted by molar-refractivity contribution is 5.76. The van der Waals surface area contributed by atoms with Gasteiger partial charge >= 0.3 is 0 Å². The minimum Gasteiger partial charge on any atom is -0.352 e. The molecule has 1 aromatic heterocycles. The first-order chi connectivity index (χ1) is 9.95. The van der Waals surface area contributed by atoms with Crippen LogP contribution in [0.3, 0.4) is 0 Å². The van der Waals surface area contributed by atoms with E-state index < -0.39 is 0 Å². The fourth-order valence-electron chi connectivity index (χ4n) is 2.54. The Balaban J connectivity index is 1.88. The highest BCUT2D eigenvalue weighted by atomic mass is 16.1. The molecule has 0 saturated carbocycles. The van der Waals surface area contributed by atoms with Crippen LogP contribution in [0.15, 0.2) is 30.3 Å². The van der Waals surface area contributed by atoms with Gasteiger partial charge in [0.2, 0.25) is 5.91 Å². The molecule has 1 atom stereocenters. The standard InChI is InChI=1S/C17H23N3O/c1-12-6-5-7-16(8-12)11-18-17(21)10-15(4)20-14(3)9-13(2)19-20/h5-9,15H,10-11H2,1-4H3,(H,18,21). The summed E-state index contributed by atoms with van der Waals surface area (Å²) < 4.78 is 1.92. The van der Waals surface area contributed by atoms with Crippen LogP contribution in [-0.4, -0.2) is 15.7 Å². The predicted octanol–water partition coefficient (Wildman–Crippen LogP) is 3.08. The number of rotatable bonds is 5. The average Bonchev–Trinajstić information content (AvgIpc) is 2.75. The molecular weight excluding hydrogens is 262 g/mol. The van der Waals surface area contributed by atoms with Crippen molar-refractivity contribution in [3.8, 4) is 0 Å². The van der Waals surface area contributed by atoms with E-state index in [1.165, 1.54) is 5.56 Å². The molecule has 4 nitrogen and oxygen atoms in total. The molecule has 0 aliphatic carbocycles. The molecule has 1 heterocycles. The van der Waals surface area contributed by atoms with Gasteiger partial charge in [0.15, 0.2) is 0 Å². The van der Waals surface area contributed by atoms with Gasteiger partial charge in [0, 0.05) is 18.7 Å². The van der Waals surface area contributed by atoms with Crippen LogP contribution in [0.4, 0.5) is 0 Å². The first-order valence-electron chi connectivity index (χ1n) is 7.30. The first kappa shape index (κ1) is 15.3. The number of aromatic nitrogens is 2. The van der Waals surface area contributed by atoms with E-state index in [4.69, 9.17) is 0 Å². The zero-order valence-electron chi connectivity index (χ0n) is 13.2. The summed E-state index contributed by atoms with van der Waals surface area (Å²) in [5, 5.41) is 7.40. The van der Waals surface area contributed by atoms with Gasteiger partial charge in [0.05, 0.1) is 11.7 Å².